The molecule has 0 fully saturated rings. The summed E-state index contributed by atoms with van der Waals surface area (Å²) < 4.78 is 0. The topological polar surface area (TPSA) is 50.9 Å². The van der Waals surface area contributed by atoms with Crippen molar-refractivity contribution >= 4 is 11.6 Å². The Kier molecular flexibility index (Phi) is 2.62. The Balaban J connectivity index is 2.81. The van der Waals surface area contributed by atoms with Crippen molar-refractivity contribution in [1.82, 2.24) is 10.4 Å². The van der Waals surface area contributed by atoms with Gasteiger partial charge in [-0.1, -0.05) is 17.7 Å². The largest absolute Gasteiger partial charge is 0.271 e. The number of nitrogens with zero attached hydrogens (tertiary/aromatic N) is 1. The molecule has 1 heterocycles. The Bertz CT molecular complexity index is 214. The maximum atomic E-state index is 5.70. The van der Waals surface area contributed by atoms with Gasteiger partial charge in [0.25, 0.3) is 0 Å². The van der Waals surface area contributed by atoms with Gasteiger partial charge in [-0.3, -0.25) is 11.3 Å². The molecular formula is C6H8ClN3. The van der Waals surface area contributed by atoms with Gasteiger partial charge in [-0.2, -0.15) is 0 Å². The summed E-state index contributed by atoms with van der Waals surface area (Å²) in [5, 5.41) is 0.500. The summed E-state index contributed by atoms with van der Waals surface area (Å²) in [6.45, 7) is 0.548. The Morgan fingerprint density at radius 2 is 2.50 bits per heavy atom. The number of aromatic nitrogens is 1. The van der Waals surface area contributed by atoms with Gasteiger partial charge in [0.05, 0.1) is 0 Å². The van der Waals surface area contributed by atoms with Crippen LogP contribution in [-0.2, 0) is 6.54 Å². The molecule has 1 rings (SSSR count). The highest BCUT2D eigenvalue weighted by Crippen LogP contribution is 2.09. The molecule has 0 saturated heterocycles. The second-order valence-corrected chi connectivity index (χ2v) is 2.19. The van der Waals surface area contributed by atoms with Crippen LogP contribution >= 0.6 is 11.6 Å². The van der Waals surface area contributed by atoms with E-state index in [1.807, 2.05) is 12.1 Å². The first kappa shape index (κ1) is 7.47. The molecule has 0 atom stereocenters. The van der Waals surface area contributed by atoms with Crippen LogP contribution in [0.25, 0.3) is 0 Å². The van der Waals surface area contributed by atoms with Gasteiger partial charge >= 0.3 is 0 Å². The third-order valence-electron chi connectivity index (χ3n) is 1.13. The Morgan fingerprint density at radius 1 is 1.70 bits per heavy atom. The van der Waals surface area contributed by atoms with E-state index in [-0.39, 0.29) is 0 Å². The first-order chi connectivity index (χ1) is 4.84. The second-order valence-electron chi connectivity index (χ2n) is 1.83. The molecule has 10 heavy (non-hydrogen) atoms. The quantitative estimate of drug-likeness (QED) is 0.378. The lowest BCUT2D eigenvalue weighted by atomic mass is 10.3. The first-order valence-electron chi connectivity index (χ1n) is 2.87. The van der Waals surface area contributed by atoms with Crippen LogP contribution in [0.1, 0.15) is 5.56 Å². The van der Waals surface area contributed by atoms with E-state index in [9.17, 15) is 0 Å². The highest BCUT2D eigenvalue weighted by Gasteiger charge is 1.96. The molecule has 0 amide bonds. The molecule has 0 aromatic carbocycles. The fourth-order valence-electron chi connectivity index (χ4n) is 0.661. The predicted molar refractivity (Wildman–Crippen MR) is 40.3 cm³/mol. The first-order valence-corrected chi connectivity index (χ1v) is 3.25. The van der Waals surface area contributed by atoms with E-state index in [0.29, 0.717) is 11.7 Å². The van der Waals surface area contributed by atoms with Crippen LogP contribution in [0.15, 0.2) is 18.3 Å². The van der Waals surface area contributed by atoms with Crippen LogP contribution in [0.4, 0.5) is 0 Å². The molecule has 0 unspecified atom stereocenters. The van der Waals surface area contributed by atoms with E-state index in [4.69, 9.17) is 17.4 Å². The Labute approximate surface area is 64.2 Å². The zero-order chi connectivity index (χ0) is 7.40. The van der Waals surface area contributed by atoms with E-state index in [2.05, 4.69) is 10.4 Å². The van der Waals surface area contributed by atoms with E-state index in [0.717, 1.165) is 5.56 Å². The lowest BCUT2D eigenvalue weighted by Crippen LogP contribution is -2.21. The molecule has 0 aliphatic heterocycles. The van der Waals surface area contributed by atoms with Gasteiger partial charge in [0.1, 0.15) is 5.15 Å². The van der Waals surface area contributed by atoms with Crippen LogP contribution in [0.3, 0.4) is 0 Å². The Morgan fingerprint density at radius 3 is 3.10 bits per heavy atom. The molecule has 54 valence electrons. The predicted octanol–water partition coefficient (Wildman–Crippen LogP) is 0.698. The molecule has 0 spiro atoms. The molecule has 3 N–H and O–H groups in total. The van der Waals surface area contributed by atoms with Crippen LogP contribution in [0.5, 0.6) is 0 Å². The van der Waals surface area contributed by atoms with Crippen LogP contribution < -0.4 is 11.3 Å². The van der Waals surface area contributed by atoms with Gasteiger partial charge in [0.15, 0.2) is 0 Å². The van der Waals surface area contributed by atoms with Crippen molar-refractivity contribution < 1.29 is 0 Å². The maximum Gasteiger partial charge on any atom is 0.133 e. The molecule has 0 radical (unpaired) electrons. The number of hydrogen-bond donors (Lipinski definition) is 2. The number of rotatable bonds is 2. The summed E-state index contributed by atoms with van der Waals surface area (Å²) in [6.07, 6.45) is 1.64. The average molecular weight is 158 g/mol. The average Bonchev–Trinajstić information content (AvgIpc) is 1.94. The number of hydrazine groups is 1. The third-order valence-corrected chi connectivity index (χ3v) is 1.47. The number of nitrogens with two attached hydrogens (primary N) is 1. The summed E-state index contributed by atoms with van der Waals surface area (Å²) in [5.74, 6) is 5.09. The van der Waals surface area contributed by atoms with Crippen molar-refractivity contribution in [2.24, 2.45) is 5.84 Å². The standard InChI is InChI=1S/C6H8ClN3/c7-6-5(4-10-8)2-1-3-9-6/h1-3,10H,4,8H2. The van der Waals surface area contributed by atoms with Gasteiger partial charge in [0, 0.05) is 18.3 Å². The van der Waals surface area contributed by atoms with Gasteiger partial charge in [-0.25, -0.2) is 4.98 Å². The van der Waals surface area contributed by atoms with Crippen molar-refractivity contribution in [1.29, 1.82) is 0 Å². The van der Waals surface area contributed by atoms with Gasteiger partial charge < -0.3 is 0 Å². The van der Waals surface area contributed by atoms with Crippen molar-refractivity contribution in [3.8, 4) is 0 Å². The van der Waals surface area contributed by atoms with E-state index in [1.165, 1.54) is 0 Å². The normalized spacial score (nSPS) is 9.80. The second kappa shape index (κ2) is 3.51. The minimum Gasteiger partial charge on any atom is -0.271 e. The molecule has 0 bridgehead atoms. The number of nitrogens with one attached hydrogen (secondary N) is 1. The molecule has 0 aliphatic rings. The van der Waals surface area contributed by atoms with Crippen LogP contribution in [-0.4, -0.2) is 4.98 Å². The number of hydrogen-bond acceptors (Lipinski definition) is 3. The van der Waals surface area contributed by atoms with E-state index in [1.54, 1.807) is 6.20 Å². The Hall–Kier alpha value is -0.640. The highest BCUT2D eigenvalue weighted by atomic mass is 35.5. The fraction of sp³-hybridized carbons (Fsp3) is 0.167. The monoisotopic (exact) mass is 157 g/mol. The zero-order valence-electron chi connectivity index (χ0n) is 5.34. The number of halogens is 1. The highest BCUT2D eigenvalue weighted by molar-refractivity contribution is 6.30. The third kappa shape index (κ3) is 1.67. The van der Waals surface area contributed by atoms with E-state index < -0.39 is 0 Å². The minimum absolute atomic E-state index is 0.500. The summed E-state index contributed by atoms with van der Waals surface area (Å²) in [5.41, 5.74) is 3.41. The lowest BCUT2D eigenvalue weighted by molar-refractivity contribution is 0.739. The summed E-state index contributed by atoms with van der Waals surface area (Å²) in [7, 11) is 0. The van der Waals surface area contributed by atoms with Crippen LogP contribution in [0, 0.1) is 0 Å². The SMILES string of the molecule is NNCc1cccnc1Cl. The van der Waals surface area contributed by atoms with Crippen molar-refractivity contribution in [3.05, 3.63) is 29.0 Å². The molecule has 1 aromatic rings. The summed E-state index contributed by atoms with van der Waals surface area (Å²) in [6, 6.07) is 3.69. The van der Waals surface area contributed by atoms with Crippen molar-refractivity contribution in [2.45, 2.75) is 6.54 Å². The maximum absolute atomic E-state index is 5.70. The molecule has 0 saturated carbocycles. The van der Waals surface area contributed by atoms with Gasteiger partial charge in [-0.15, -0.1) is 0 Å². The fourth-order valence-corrected chi connectivity index (χ4v) is 0.847. The summed E-state index contributed by atoms with van der Waals surface area (Å²) >= 11 is 5.70. The zero-order valence-corrected chi connectivity index (χ0v) is 6.10. The van der Waals surface area contributed by atoms with Gasteiger partial charge in [0.2, 0.25) is 0 Å². The van der Waals surface area contributed by atoms with Gasteiger partial charge in [-0.05, 0) is 6.07 Å². The lowest BCUT2D eigenvalue weighted by Gasteiger charge is -1.99. The van der Waals surface area contributed by atoms with E-state index >= 15 is 0 Å². The molecule has 3 nitrogen and oxygen atoms in total. The number of pyridine rings is 1. The van der Waals surface area contributed by atoms with Crippen LogP contribution in [0.2, 0.25) is 5.15 Å². The molecule has 1 aromatic heterocycles. The molecular weight excluding hydrogens is 150 g/mol. The minimum atomic E-state index is 0.500. The molecule has 0 aliphatic carbocycles. The van der Waals surface area contributed by atoms with Crippen molar-refractivity contribution in [2.75, 3.05) is 0 Å². The smallest absolute Gasteiger partial charge is 0.133 e. The van der Waals surface area contributed by atoms with Crippen molar-refractivity contribution in [3.63, 3.8) is 0 Å². The summed E-state index contributed by atoms with van der Waals surface area (Å²) in [4.78, 5) is 3.87. The molecule has 4 heteroatoms.